The van der Waals surface area contributed by atoms with Crippen LogP contribution in [0.2, 0.25) is 0 Å². The lowest BCUT2D eigenvalue weighted by molar-refractivity contribution is -0.120. The molecule has 2 amide bonds. The van der Waals surface area contributed by atoms with E-state index in [0.717, 1.165) is 5.56 Å². The number of ether oxygens (including phenoxy) is 1. The molecule has 0 saturated heterocycles. The standard InChI is InChI=1S/C24H26N4O6S/c1-13(2)8-9-28-18-7-4-14(3)10-16(18)22(30)21(24(28)31)23-26-17-6-5-15(34-12-20(25)29)11-19(17)35(32,33)27-23/h4-7,10-11,13,21H,8-9,12H2,1-3H3,(H2,25,29)(H,26,27). The van der Waals surface area contributed by atoms with Crippen LogP contribution in [0.1, 0.15) is 36.2 Å². The topological polar surface area (TPSA) is 148 Å². The number of amides is 2. The summed E-state index contributed by atoms with van der Waals surface area (Å²) < 4.78 is 35.0. The number of nitrogens with one attached hydrogen (secondary N) is 1. The molecule has 0 bridgehead atoms. The van der Waals surface area contributed by atoms with Gasteiger partial charge in [-0.2, -0.15) is 8.42 Å². The Morgan fingerprint density at radius 3 is 2.63 bits per heavy atom. The van der Waals surface area contributed by atoms with Gasteiger partial charge < -0.3 is 20.7 Å². The fourth-order valence-corrected chi connectivity index (χ4v) is 5.18. The molecule has 3 N–H and O–H groups in total. The zero-order valence-corrected chi connectivity index (χ0v) is 20.4. The van der Waals surface area contributed by atoms with Crippen LogP contribution in [0.3, 0.4) is 0 Å². The molecule has 35 heavy (non-hydrogen) atoms. The molecule has 10 nitrogen and oxygen atoms in total. The molecule has 1 unspecified atom stereocenters. The fraction of sp³-hybridized carbons (Fsp3) is 0.333. The summed E-state index contributed by atoms with van der Waals surface area (Å²) in [6, 6.07) is 9.35. The quantitative estimate of drug-likeness (QED) is 0.556. The van der Waals surface area contributed by atoms with Gasteiger partial charge in [0.15, 0.2) is 18.3 Å². The Bertz CT molecular complexity index is 1370. The molecule has 0 aromatic heterocycles. The van der Waals surface area contributed by atoms with Crippen molar-refractivity contribution in [1.29, 1.82) is 0 Å². The maximum atomic E-state index is 13.5. The first-order valence-corrected chi connectivity index (χ1v) is 12.5. The Balaban J connectivity index is 1.73. The molecule has 184 valence electrons. The van der Waals surface area contributed by atoms with Crippen LogP contribution in [0, 0.1) is 18.8 Å². The predicted octanol–water partition coefficient (Wildman–Crippen LogP) is 2.26. The molecule has 1 atom stereocenters. The smallest absolute Gasteiger partial charge is 0.286 e. The fourth-order valence-electron chi connectivity index (χ4n) is 4.01. The number of anilines is 2. The van der Waals surface area contributed by atoms with Crippen LogP contribution >= 0.6 is 0 Å². The number of nitrogens with two attached hydrogens (primary N) is 1. The molecular formula is C24H26N4O6S. The molecule has 0 aliphatic carbocycles. The first kappa shape index (κ1) is 24.4. The number of amidine groups is 1. The summed E-state index contributed by atoms with van der Waals surface area (Å²) in [6.45, 7) is 5.87. The van der Waals surface area contributed by atoms with E-state index < -0.39 is 40.1 Å². The highest BCUT2D eigenvalue weighted by Gasteiger charge is 2.44. The van der Waals surface area contributed by atoms with Gasteiger partial charge in [0.1, 0.15) is 16.5 Å². The minimum absolute atomic E-state index is 0.112. The van der Waals surface area contributed by atoms with E-state index in [2.05, 4.69) is 9.71 Å². The monoisotopic (exact) mass is 498 g/mol. The van der Waals surface area contributed by atoms with Crippen molar-refractivity contribution in [1.82, 2.24) is 0 Å². The molecule has 0 radical (unpaired) electrons. The summed E-state index contributed by atoms with van der Waals surface area (Å²) in [7, 11) is -4.27. The summed E-state index contributed by atoms with van der Waals surface area (Å²) >= 11 is 0. The van der Waals surface area contributed by atoms with E-state index in [1.54, 1.807) is 12.1 Å². The van der Waals surface area contributed by atoms with Gasteiger partial charge in [-0.05, 0) is 43.5 Å². The second-order valence-corrected chi connectivity index (χ2v) is 10.6. The summed E-state index contributed by atoms with van der Waals surface area (Å²) in [5.74, 6) is -3.00. The molecule has 4 rings (SSSR count). The van der Waals surface area contributed by atoms with Gasteiger partial charge in [0, 0.05) is 18.2 Å². The van der Waals surface area contributed by atoms with E-state index in [1.807, 2.05) is 26.8 Å². The van der Waals surface area contributed by atoms with Gasteiger partial charge in [-0.25, -0.2) is 0 Å². The zero-order chi connectivity index (χ0) is 25.5. The van der Waals surface area contributed by atoms with E-state index >= 15 is 0 Å². The van der Waals surface area contributed by atoms with Crippen molar-refractivity contribution in [2.45, 2.75) is 32.1 Å². The van der Waals surface area contributed by atoms with Crippen molar-refractivity contribution in [2.24, 2.45) is 22.0 Å². The van der Waals surface area contributed by atoms with Gasteiger partial charge in [-0.1, -0.05) is 25.5 Å². The number of Topliss-reactive ketones (excluding diaryl/α,β-unsaturated/α-hetero) is 1. The second kappa shape index (κ2) is 9.14. The number of aryl methyl sites for hydroxylation is 1. The average Bonchev–Trinajstić information content (AvgIpc) is 2.77. The Morgan fingerprint density at radius 1 is 1.20 bits per heavy atom. The van der Waals surface area contributed by atoms with Gasteiger partial charge in [0.05, 0.1) is 11.4 Å². The van der Waals surface area contributed by atoms with Crippen molar-refractivity contribution in [3.63, 3.8) is 0 Å². The zero-order valence-electron chi connectivity index (χ0n) is 19.6. The lowest BCUT2D eigenvalue weighted by Crippen LogP contribution is -2.50. The largest absolute Gasteiger partial charge is 0.484 e. The molecule has 2 heterocycles. The van der Waals surface area contributed by atoms with Gasteiger partial charge in [0.25, 0.3) is 15.9 Å². The summed E-state index contributed by atoms with van der Waals surface area (Å²) in [5.41, 5.74) is 6.91. The third kappa shape index (κ3) is 4.76. The summed E-state index contributed by atoms with van der Waals surface area (Å²) in [4.78, 5) is 39.3. The summed E-state index contributed by atoms with van der Waals surface area (Å²) in [6.07, 6.45) is 0.703. The molecule has 11 heteroatoms. The normalized spacial score (nSPS) is 18.5. The Kier molecular flexibility index (Phi) is 6.37. The van der Waals surface area contributed by atoms with Gasteiger partial charge >= 0.3 is 0 Å². The molecule has 2 aliphatic heterocycles. The SMILES string of the molecule is Cc1ccc2c(c1)C(=O)C(C1=NS(=O)(=O)c3cc(OCC(N)=O)ccc3N1)C(=O)N2CCC(C)C. The maximum Gasteiger partial charge on any atom is 0.286 e. The number of carbonyl (C=O) groups is 3. The second-order valence-electron chi connectivity index (χ2n) is 8.98. The molecular weight excluding hydrogens is 472 g/mol. The van der Waals surface area contributed by atoms with Crippen LogP contribution in [0.4, 0.5) is 11.4 Å². The number of hydrogen-bond acceptors (Lipinski definition) is 7. The molecule has 2 aromatic carbocycles. The molecule has 0 spiro atoms. The molecule has 0 saturated carbocycles. The van der Waals surface area contributed by atoms with Crippen LogP contribution in [-0.2, 0) is 19.6 Å². The van der Waals surface area contributed by atoms with Gasteiger partial charge in [-0.3, -0.25) is 14.4 Å². The minimum atomic E-state index is -4.27. The van der Waals surface area contributed by atoms with Crippen LogP contribution < -0.4 is 20.7 Å². The van der Waals surface area contributed by atoms with Crippen LogP contribution in [0.5, 0.6) is 5.75 Å². The van der Waals surface area contributed by atoms with Gasteiger partial charge in [-0.15, -0.1) is 4.40 Å². The first-order valence-electron chi connectivity index (χ1n) is 11.1. The van der Waals surface area contributed by atoms with E-state index in [9.17, 15) is 22.8 Å². The molecule has 2 aromatic rings. The number of hydrogen-bond donors (Lipinski definition) is 2. The summed E-state index contributed by atoms with van der Waals surface area (Å²) in [5, 5.41) is 2.86. The number of sulfonamides is 1. The number of benzene rings is 2. The van der Waals surface area contributed by atoms with Crippen molar-refractivity contribution in [2.75, 3.05) is 23.4 Å². The highest BCUT2D eigenvalue weighted by molar-refractivity contribution is 7.90. The number of carbonyl (C=O) groups excluding carboxylic acids is 3. The Hall–Kier alpha value is -3.73. The maximum absolute atomic E-state index is 13.5. The van der Waals surface area contributed by atoms with Crippen molar-refractivity contribution >= 4 is 44.8 Å². The number of primary amides is 1. The number of ketones is 1. The van der Waals surface area contributed by atoms with E-state index in [1.165, 1.54) is 23.1 Å². The van der Waals surface area contributed by atoms with Crippen LogP contribution in [-0.4, -0.2) is 45.0 Å². The number of nitrogens with zero attached hydrogens (tertiary/aromatic N) is 2. The molecule has 0 fully saturated rings. The highest BCUT2D eigenvalue weighted by atomic mass is 32.2. The highest BCUT2D eigenvalue weighted by Crippen LogP contribution is 2.36. The lowest BCUT2D eigenvalue weighted by Gasteiger charge is -2.35. The van der Waals surface area contributed by atoms with Gasteiger partial charge in [0.2, 0.25) is 5.91 Å². The Morgan fingerprint density at radius 2 is 1.94 bits per heavy atom. The Labute approximate surface area is 203 Å². The van der Waals surface area contributed by atoms with E-state index in [4.69, 9.17) is 10.5 Å². The van der Waals surface area contributed by atoms with E-state index in [-0.39, 0.29) is 22.2 Å². The first-order chi connectivity index (χ1) is 16.5. The van der Waals surface area contributed by atoms with E-state index in [0.29, 0.717) is 30.1 Å². The van der Waals surface area contributed by atoms with Crippen molar-refractivity contribution in [3.05, 3.63) is 47.5 Å². The van der Waals surface area contributed by atoms with Crippen molar-refractivity contribution < 1.29 is 27.5 Å². The molecule has 2 aliphatic rings. The van der Waals surface area contributed by atoms with Crippen LogP contribution in [0.25, 0.3) is 0 Å². The average molecular weight is 499 g/mol. The third-order valence-corrected chi connectivity index (χ3v) is 7.11. The third-order valence-electron chi connectivity index (χ3n) is 5.78. The van der Waals surface area contributed by atoms with Crippen molar-refractivity contribution in [3.8, 4) is 5.75 Å². The van der Waals surface area contributed by atoms with Crippen LogP contribution in [0.15, 0.2) is 45.7 Å². The predicted molar refractivity (Wildman–Crippen MR) is 130 cm³/mol. The minimum Gasteiger partial charge on any atom is -0.484 e. The number of rotatable bonds is 7. The number of fused-ring (bicyclic) bond motifs is 2. The lowest BCUT2D eigenvalue weighted by atomic mass is 9.87.